The molecule has 0 unspecified atom stereocenters. The number of carbonyl (C=O) groups excluding carboxylic acids is 1. The molecule has 2 N–H and O–H groups in total. The van der Waals surface area contributed by atoms with Crippen LogP contribution < -0.4 is 10.2 Å². The molecule has 7 heteroatoms. The third kappa shape index (κ3) is 4.03. The number of nitrogens with zero attached hydrogens (tertiary/aromatic N) is 3. The molecule has 1 fully saturated rings. The van der Waals surface area contributed by atoms with Gasteiger partial charge in [0.25, 0.3) is 0 Å². The Kier molecular flexibility index (Phi) is 5.72. The van der Waals surface area contributed by atoms with Crippen LogP contribution in [0.5, 0.6) is 0 Å². The second kappa shape index (κ2) is 8.04. The number of aromatic nitrogens is 2. The number of aliphatic carboxylic acids is 1. The lowest BCUT2D eigenvalue weighted by molar-refractivity contribution is -0.142. The van der Waals surface area contributed by atoms with Crippen LogP contribution in [0.1, 0.15) is 37.9 Å². The van der Waals surface area contributed by atoms with Crippen molar-refractivity contribution in [3.63, 3.8) is 0 Å². The summed E-state index contributed by atoms with van der Waals surface area (Å²) in [7, 11) is 0. The lowest BCUT2D eigenvalue weighted by Crippen LogP contribution is -2.38. The third-order valence-electron chi connectivity index (χ3n) is 5.23. The molecular formula is C21H28N4O3. The quantitative estimate of drug-likeness (QED) is 0.825. The van der Waals surface area contributed by atoms with E-state index in [2.05, 4.69) is 10.2 Å². The van der Waals surface area contributed by atoms with Crippen LogP contribution in [0.15, 0.2) is 24.3 Å². The van der Waals surface area contributed by atoms with E-state index in [1.54, 1.807) is 0 Å². The number of rotatable bonds is 5. The maximum Gasteiger partial charge on any atom is 0.306 e. The second-order valence-electron chi connectivity index (χ2n) is 7.77. The number of piperidine rings is 1. The zero-order valence-electron chi connectivity index (χ0n) is 16.9. The van der Waals surface area contributed by atoms with Gasteiger partial charge in [0.2, 0.25) is 5.91 Å². The largest absolute Gasteiger partial charge is 0.481 e. The zero-order valence-corrected chi connectivity index (χ0v) is 16.9. The number of hydrogen-bond donors (Lipinski definition) is 2. The van der Waals surface area contributed by atoms with Gasteiger partial charge in [-0.3, -0.25) is 9.59 Å². The standard InChI is InChI=1S/C21H28N4O3/c1-13(2)19(26)22-18-15(4)23-25(17-7-5-14(3)6-8-17)20(18)24-11-9-16(10-12-24)21(27)28/h5-8,13,16H,9-12H2,1-4H3,(H,22,26)(H,27,28). The van der Waals surface area contributed by atoms with E-state index >= 15 is 0 Å². The molecule has 0 aliphatic carbocycles. The first-order chi connectivity index (χ1) is 13.3. The number of nitrogens with one attached hydrogen (secondary N) is 1. The molecule has 1 aromatic carbocycles. The third-order valence-corrected chi connectivity index (χ3v) is 5.23. The number of amides is 1. The molecule has 7 nitrogen and oxygen atoms in total. The number of hydrogen-bond acceptors (Lipinski definition) is 4. The molecule has 1 saturated heterocycles. The van der Waals surface area contributed by atoms with Crippen LogP contribution in [0.25, 0.3) is 5.69 Å². The first-order valence-corrected chi connectivity index (χ1v) is 9.73. The fourth-order valence-corrected chi connectivity index (χ4v) is 3.43. The minimum absolute atomic E-state index is 0.0618. The number of carboxylic acid groups (broad SMARTS) is 1. The lowest BCUT2D eigenvalue weighted by Gasteiger charge is -2.32. The highest BCUT2D eigenvalue weighted by atomic mass is 16.4. The molecule has 150 valence electrons. The van der Waals surface area contributed by atoms with E-state index in [-0.39, 0.29) is 17.7 Å². The van der Waals surface area contributed by atoms with E-state index in [1.165, 1.54) is 0 Å². The van der Waals surface area contributed by atoms with Crippen molar-refractivity contribution < 1.29 is 14.7 Å². The van der Waals surface area contributed by atoms with Gasteiger partial charge in [0.1, 0.15) is 5.69 Å². The van der Waals surface area contributed by atoms with E-state index in [1.807, 2.05) is 56.6 Å². The molecule has 3 rings (SSSR count). The highest BCUT2D eigenvalue weighted by molar-refractivity contribution is 5.96. The maximum absolute atomic E-state index is 12.4. The minimum atomic E-state index is -0.740. The maximum atomic E-state index is 12.4. The van der Waals surface area contributed by atoms with Crippen molar-refractivity contribution in [1.82, 2.24) is 9.78 Å². The Labute approximate surface area is 165 Å². The van der Waals surface area contributed by atoms with Crippen LogP contribution in [0.3, 0.4) is 0 Å². The Balaban J connectivity index is 2.02. The van der Waals surface area contributed by atoms with Crippen molar-refractivity contribution in [2.75, 3.05) is 23.3 Å². The molecule has 0 radical (unpaired) electrons. The topological polar surface area (TPSA) is 87.5 Å². The van der Waals surface area contributed by atoms with Crippen molar-refractivity contribution in [3.05, 3.63) is 35.5 Å². The van der Waals surface area contributed by atoms with Crippen molar-refractivity contribution >= 4 is 23.4 Å². The van der Waals surface area contributed by atoms with Gasteiger partial charge in [0.05, 0.1) is 17.3 Å². The Morgan fingerprint density at radius 3 is 2.29 bits per heavy atom. The van der Waals surface area contributed by atoms with E-state index in [4.69, 9.17) is 5.10 Å². The van der Waals surface area contributed by atoms with Gasteiger partial charge in [-0.25, -0.2) is 4.68 Å². The zero-order chi connectivity index (χ0) is 20.4. The van der Waals surface area contributed by atoms with Crippen LogP contribution in [0, 0.1) is 25.7 Å². The summed E-state index contributed by atoms with van der Waals surface area (Å²) in [6.07, 6.45) is 1.15. The van der Waals surface area contributed by atoms with Gasteiger partial charge in [-0.1, -0.05) is 31.5 Å². The number of carbonyl (C=O) groups is 2. The summed E-state index contributed by atoms with van der Waals surface area (Å²) in [6, 6.07) is 8.06. The van der Waals surface area contributed by atoms with E-state index in [9.17, 15) is 14.7 Å². The van der Waals surface area contributed by atoms with Gasteiger partial charge in [0, 0.05) is 19.0 Å². The van der Waals surface area contributed by atoms with Crippen molar-refractivity contribution in [2.24, 2.45) is 11.8 Å². The van der Waals surface area contributed by atoms with Crippen LogP contribution >= 0.6 is 0 Å². The molecule has 2 heterocycles. The van der Waals surface area contributed by atoms with E-state index < -0.39 is 5.97 Å². The van der Waals surface area contributed by atoms with Crippen LogP contribution in [0.2, 0.25) is 0 Å². The summed E-state index contributed by atoms with van der Waals surface area (Å²) in [5.41, 5.74) is 3.51. The van der Waals surface area contributed by atoms with Crippen molar-refractivity contribution in [2.45, 2.75) is 40.5 Å². The molecule has 0 spiro atoms. The second-order valence-corrected chi connectivity index (χ2v) is 7.77. The molecular weight excluding hydrogens is 356 g/mol. The minimum Gasteiger partial charge on any atom is -0.481 e. The molecule has 2 aromatic rings. The summed E-state index contributed by atoms with van der Waals surface area (Å²) >= 11 is 0. The van der Waals surface area contributed by atoms with Gasteiger partial charge in [-0.05, 0) is 38.8 Å². The number of anilines is 2. The van der Waals surface area contributed by atoms with Crippen molar-refractivity contribution in [3.8, 4) is 5.69 Å². The van der Waals surface area contributed by atoms with E-state index in [0.29, 0.717) is 31.6 Å². The molecule has 1 amide bonds. The number of carboxylic acids is 1. The Hall–Kier alpha value is -2.83. The van der Waals surface area contributed by atoms with Gasteiger partial charge < -0.3 is 15.3 Å². The van der Waals surface area contributed by atoms with Crippen LogP contribution in [-0.4, -0.2) is 39.9 Å². The van der Waals surface area contributed by atoms with Gasteiger partial charge in [-0.2, -0.15) is 5.10 Å². The normalized spacial score (nSPS) is 15.1. The fraction of sp³-hybridized carbons (Fsp3) is 0.476. The summed E-state index contributed by atoms with van der Waals surface area (Å²) < 4.78 is 1.85. The van der Waals surface area contributed by atoms with Crippen LogP contribution in [-0.2, 0) is 9.59 Å². The fourth-order valence-electron chi connectivity index (χ4n) is 3.43. The molecule has 0 saturated carbocycles. The Morgan fingerprint density at radius 1 is 1.14 bits per heavy atom. The van der Waals surface area contributed by atoms with Gasteiger partial charge in [0.15, 0.2) is 5.82 Å². The molecule has 28 heavy (non-hydrogen) atoms. The monoisotopic (exact) mass is 384 g/mol. The first kappa shape index (κ1) is 19.9. The molecule has 1 aliphatic rings. The number of aryl methyl sites for hydroxylation is 2. The average molecular weight is 384 g/mol. The summed E-state index contributed by atoms with van der Waals surface area (Å²) in [5.74, 6) is -0.446. The molecule has 0 bridgehead atoms. The summed E-state index contributed by atoms with van der Waals surface area (Å²) in [5, 5.41) is 17.0. The first-order valence-electron chi connectivity index (χ1n) is 9.73. The predicted molar refractivity (Wildman–Crippen MR) is 109 cm³/mol. The molecule has 0 atom stereocenters. The summed E-state index contributed by atoms with van der Waals surface area (Å²) in [4.78, 5) is 25.8. The molecule has 1 aliphatic heterocycles. The number of benzene rings is 1. The van der Waals surface area contributed by atoms with Gasteiger partial charge >= 0.3 is 5.97 Å². The SMILES string of the molecule is Cc1ccc(-n2nc(C)c(NC(=O)C(C)C)c2N2CCC(C(=O)O)CC2)cc1. The highest BCUT2D eigenvalue weighted by Crippen LogP contribution is 2.35. The average Bonchev–Trinajstić information content (AvgIpc) is 2.98. The summed E-state index contributed by atoms with van der Waals surface area (Å²) in [6.45, 7) is 8.84. The smallest absolute Gasteiger partial charge is 0.306 e. The lowest BCUT2D eigenvalue weighted by atomic mass is 9.97. The Bertz CT molecular complexity index is 863. The van der Waals surface area contributed by atoms with Crippen LogP contribution in [0.4, 0.5) is 11.5 Å². The van der Waals surface area contributed by atoms with Crippen molar-refractivity contribution in [1.29, 1.82) is 0 Å². The van der Waals surface area contributed by atoms with Gasteiger partial charge in [-0.15, -0.1) is 0 Å². The Morgan fingerprint density at radius 2 is 1.75 bits per heavy atom. The predicted octanol–water partition coefficient (Wildman–Crippen LogP) is 3.38. The highest BCUT2D eigenvalue weighted by Gasteiger charge is 2.30. The van der Waals surface area contributed by atoms with E-state index in [0.717, 1.165) is 22.8 Å². The molecule has 1 aromatic heterocycles.